The minimum atomic E-state index is -4.69. The van der Waals surface area contributed by atoms with Crippen molar-refractivity contribution in [1.82, 2.24) is 10.2 Å². The van der Waals surface area contributed by atoms with Crippen molar-refractivity contribution >= 4 is 16.1 Å². The number of carbonyl (C=O) groups excluding carboxylic acids is 1. The number of hydrogen-bond acceptors (Lipinski definition) is 5. The fraction of sp³-hybridized carbons (Fsp3) is 0.458. The SMILES string of the molecule is COCCN(Cc1cccc(OS(=O)(=O)c2cccc(C(F)(F)F)c2)c1)C(=O)NC1CCCCC1. The molecule has 35 heavy (non-hydrogen) atoms. The number of urea groups is 1. The van der Waals surface area contributed by atoms with E-state index in [9.17, 15) is 26.4 Å². The Hall–Kier alpha value is -2.79. The molecule has 0 radical (unpaired) electrons. The van der Waals surface area contributed by atoms with E-state index in [0.29, 0.717) is 24.8 Å². The fourth-order valence-electron chi connectivity index (χ4n) is 3.89. The largest absolute Gasteiger partial charge is 0.416 e. The monoisotopic (exact) mass is 514 g/mol. The topological polar surface area (TPSA) is 84.9 Å². The normalized spacial score (nSPS) is 15.0. The predicted octanol–water partition coefficient (Wildman–Crippen LogP) is 4.96. The van der Waals surface area contributed by atoms with Crippen LogP contribution in [-0.2, 0) is 27.6 Å². The van der Waals surface area contributed by atoms with Crippen molar-refractivity contribution in [3.8, 4) is 5.75 Å². The summed E-state index contributed by atoms with van der Waals surface area (Å²) in [6.45, 7) is 0.809. The summed E-state index contributed by atoms with van der Waals surface area (Å²) in [4.78, 5) is 13.8. The predicted molar refractivity (Wildman–Crippen MR) is 123 cm³/mol. The van der Waals surface area contributed by atoms with Crippen LogP contribution in [0.5, 0.6) is 5.75 Å². The van der Waals surface area contributed by atoms with E-state index in [2.05, 4.69) is 5.32 Å². The van der Waals surface area contributed by atoms with Crippen LogP contribution in [0.2, 0.25) is 0 Å². The molecule has 1 fully saturated rings. The smallest absolute Gasteiger partial charge is 0.383 e. The number of nitrogens with zero attached hydrogens (tertiary/aromatic N) is 1. The van der Waals surface area contributed by atoms with Crippen LogP contribution in [0, 0.1) is 0 Å². The van der Waals surface area contributed by atoms with Crippen LogP contribution in [0.3, 0.4) is 0 Å². The van der Waals surface area contributed by atoms with Crippen molar-refractivity contribution in [2.75, 3.05) is 20.3 Å². The Labute approximate surface area is 203 Å². The number of hydrogen-bond donors (Lipinski definition) is 1. The van der Waals surface area contributed by atoms with Crippen LogP contribution in [-0.4, -0.2) is 45.7 Å². The average Bonchev–Trinajstić information content (AvgIpc) is 2.82. The molecule has 1 N–H and O–H groups in total. The standard InChI is InChI=1S/C24H29F3N2O5S/c1-33-14-13-29(23(30)28-20-9-3-2-4-10-20)17-18-7-5-11-21(15-18)34-35(31,32)22-12-6-8-19(16-22)24(25,26)27/h5-8,11-12,15-16,20H,2-4,9-10,13-14,17H2,1H3,(H,28,30). The molecular formula is C24H29F3N2O5S. The first-order chi connectivity index (χ1) is 16.6. The molecule has 0 bridgehead atoms. The lowest BCUT2D eigenvalue weighted by Gasteiger charge is -2.28. The summed E-state index contributed by atoms with van der Waals surface area (Å²) in [5.41, 5.74) is -0.495. The minimum absolute atomic E-state index is 0.0701. The Morgan fingerprint density at radius 2 is 1.80 bits per heavy atom. The molecule has 1 saturated carbocycles. The Morgan fingerprint density at radius 3 is 2.49 bits per heavy atom. The van der Waals surface area contributed by atoms with E-state index >= 15 is 0 Å². The third-order valence-corrected chi connectivity index (χ3v) is 6.96. The number of rotatable bonds is 9. The zero-order chi connectivity index (χ0) is 25.5. The van der Waals surface area contributed by atoms with Crippen LogP contribution in [0.15, 0.2) is 53.4 Å². The molecule has 7 nitrogen and oxygen atoms in total. The zero-order valence-corrected chi connectivity index (χ0v) is 20.2. The van der Waals surface area contributed by atoms with Gasteiger partial charge >= 0.3 is 22.3 Å². The lowest BCUT2D eigenvalue weighted by Crippen LogP contribution is -2.46. The van der Waals surface area contributed by atoms with Gasteiger partial charge in [0.15, 0.2) is 0 Å². The number of ether oxygens (including phenoxy) is 1. The summed E-state index contributed by atoms with van der Waals surface area (Å²) in [6, 6.07) is 9.33. The number of carbonyl (C=O) groups is 1. The minimum Gasteiger partial charge on any atom is -0.383 e. The van der Waals surface area contributed by atoms with Gasteiger partial charge in [0.1, 0.15) is 10.6 Å². The third-order valence-electron chi connectivity index (χ3n) is 5.71. The van der Waals surface area contributed by atoms with Gasteiger partial charge in [0.25, 0.3) is 0 Å². The molecule has 192 valence electrons. The van der Waals surface area contributed by atoms with E-state index in [1.165, 1.54) is 19.2 Å². The zero-order valence-electron chi connectivity index (χ0n) is 19.4. The molecule has 11 heteroatoms. The van der Waals surface area contributed by atoms with Crippen molar-refractivity contribution in [3.05, 3.63) is 59.7 Å². The first-order valence-electron chi connectivity index (χ1n) is 11.3. The van der Waals surface area contributed by atoms with E-state index in [4.69, 9.17) is 8.92 Å². The molecule has 0 aliphatic heterocycles. The highest BCUT2D eigenvalue weighted by Crippen LogP contribution is 2.31. The van der Waals surface area contributed by atoms with Crippen LogP contribution >= 0.6 is 0 Å². The number of methoxy groups -OCH3 is 1. The second-order valence-corrected chi connectivity index (χ2v) is 9.96. The molecule has 0 atom stereocenters. The Morgan fingerprint density at radius 1 is 1.09 bits per heavy atom. The van der Waals surface area contributed by atoms with Gasteiger partial charge in [0.05, 0.1) is 12.2 Å². The van der Waals surface area contributed by atoms with Crippen molar-refractivity contribution in [1.29, 1.82) is 0 Å². The Balaban J connectivity index is 1.73. The first-order valence-corrected chi connectivity index (χ1v) is 12.7. The molecule has 1 aliphatic carbocycles. The van der Waals surface area contributed by atoms with E-state index in [1.807, 2.05) is 0 Å². The quantitative estimate of drug-likeness (QED) is 0.478. The molecule has 0 spiro atoms. The van der Waals surface area contributed by atoms with Gasteiger partial charge < -0.3 is 19.1 Å². The highest BCUT2D eigenvalue weighted by atomic mass is 32.2. The number of halogens is 3. The van der Waals surface area contributed by atoms with Crippen molar-refractivity contribution in [2.45, 2.75) is 55.8 Å². The second kappa shape index (κ2) is 11.8. The average molecular weight is 515 g/mol. The van der Waals surface area contributed by atoms with Crippen molar-refractivity contribution in [2.24, 2.45) is 0 Å². The van der Waals surface area contributed by atoms with Gasteiger partial charge in [0, 0.05) is 26.2 Å². The van der Waals surface area contributed by atoms with Crippen LogP contribution in [0.1, 0.15) is 43.2 Å². The maximum atomic E-state index is 13.0. The Bertz CT molecular complexity index is 1100. The molecule has 1 aliphatic rings. The molecule has 0 saturated heterocycles. The van der Waals surface area contributed by atoms with Gasteiger partial charge in [-0.3, -0.25) is 0 Å². The van der Waals surface area contributed by atoms with Crippen LogP contribution < -0.4 is 9.50 Å². The van der Waals surface area contributed by atoms with E-state index in [0.717, 1.165) is 50.3 Å². The van der Waals surface area contributed by atoms with Gasteiger partial charge in [0.2, 0.25) is 0 Å². The molecule has 0 heterocycles. The summed E-state index contributed by atoms with van der Waals surface area (Å²) in [5, 5.41) is 3.05. The third kappa shape index (κ3) is 7.86. The number of benzene rings is 2. The number of alkyl halides is 3. The lowest BCUT2D eigenvalue weighted by atomic mass is 9.96. The fourth-order valence-corrected chi connectivity index (χ4v) is 4.86. The van der Waals surface area contributed by atoms with E-state index in [1.54, 1.807) is 17.0 Å². The van der Waals surface area contributed by atoms with Crippen molar-refractivity contribution in [3.63, 3.8) is 0 Å². The summed E-state index contributed by atoms with van der Waals surface area (Å²) in [6.07, 6.45) is 0.484. The molecule has 3 rings (SSSR count). The molecule has 2 aromatic rings. The molecule has 0 unspecified atom stereocenters. The van der Waals surface area contributed by atoms with Crippen LogP contribution in [0.25, 0.3) is 0 Å². The van der Waals surface area contributed by atoms with Crippen molar-refractivity contribution < 1.29 is 35.3 Å². The molecular weight excluding hydrogens is 485 g/mol. The van der Waals surface area contributed by atoms with Gasteiger partial charge in [-0.1, -0.05) is 37.5 Å². The highest BCUT2D eigenvalue weighted by Gasteiger charge is 2.32. The maximum Gasteiger partial charge on any atom is 0.416 e. The summed E-state index contributed by atoms with van der Waals surface area (Å²) in [7, 11) is -2.97. The first kappa shape index (κ1) is 26.8. The lowest BCUT2D eigenvalue weighted by molar-refractivity contribution is -0.137. The number of amides is 2. The Kier molecular flexibility index (Phi) is 9.01. The highest BCUT2D eigenvalue weighted by molar-refractivity contribution is 7.87. The van der Waals surface area contributed by atoms with Gasteiger partial charge in [-0.25, -0.2) is 4.79 Å². The number of nitrogens with one attached hydrogen (secondary N) is 1. The summed E-state index contributed by atoms with van der Waals surface area (Å²) >= 11 is 0. The molecule has 0 aromatic heterocycles. The molecule has 2 aromatic carbocycles. The van der Waals surface area contributed by atoms with E-state index < -0.39 is 26.8 Å². The summed E-state index contributed by atoms with van der Waals surface area (Å²) in [5.74, 6) is -0.0701. The summed E-state index contributed by atoms with van der Waals surface area (Å²) < 4.78 is 74.4. The van der Waals surface area contributed by atoms with E-state index in [-0.39, 0.29) is 24.4 Å². The van der Waals surface area contributed by atoms with Gasteiger partial charge in [-0.2, -0.15) is 21.6 Å². The maximum absolute atomic E-state index is 13.0. The van der Waals surface area contributed by atoms with Crippen LogP contribution in [0.4, 0.5) is 18.0 Å². The van der Waals surface area contributed by atoms with Gasteiger partial charge in [-0.15, -0.1) is 0 Å². The van der Waals surface area contributed by atoms with Gasteiger partial charge in [-0.05, 0) is 48.7 Å². The second-order valence-electron chi connectivity index (χ2n) is 8.41. The molecule has 2 amide bonds.